The molecule has 0 saturated heterocycles. The molecule has 2 heterocycles. The number of aliphatic imine (C=N–C) groups is 1. The molecule has 3 rings (SSSR count). The van der Waals surface area contributed by atoms with Gasteiger partial charge >= 0.3 is 0 Å². The molecule has 102 valence electrons. The lowest BCUT2D eigenvalue weighted by Crippen LogP contribution is -2.35. The number of fused-ring (bicyclic) bond motifs is 1. The van der Waals surface area contributed by atoms with Crippen LogP contribution in [-0.4, -0.2) is 28.9 Å². The van der Waals surface area contributed by atoms with Crippen molar-refractivity contribution in [2.75, 3.05) is 5.32 Å². The van der Waals surface area contributed by atoms with Crippen molar-refractivity contribution in [2.24, 2.45) is 4.99 Å². The molecule has 0 saturated carbocycles. The first-order valence-corrected chi connectivity index (χ1v) is 6.64. The number of thiazole rings is 1. The fraction of sp³-hybridized carbons (Fsp3) is 0.167. The molecular weight excluding hydrogens is 280 g/mol. The van der Waals surface area contributed by atoms with Gasteiger partial charge in [0, 0.05) is 12.4 Å². The van der Waals surface area contributed by atoms with E-state index in [2.05, 4.69) is 20.6 Å². The first-order valence-electron chi connectivity index (χ1n) is 5.83. The Hall–Kier alpha value is -2.48. The summed E-state index contributed by atoms with van der Waals surface area (Å²) in [5.74, 6) is -1.56. The van der Waals surface area contributed by atoms with Crippen molar-refractivity contribution in [2.45, 2.75) is 12.5 Å². The summed E-state index contributed by atoms with van der Waals surface area (Å²) in [6.07, 6.45) is -0.434. The zero-order valence-electron chi connectivity index (χ0n) is 10.1. The molecule has 1 aromatic carbocycles. The molecule has 0 fully saturated rings. The number of aromatic nitrogens is 1. The molecule has 0 aliphatic carbocycles. The van der Waals surface area contributed by atoms with E-state index in [1.807, 2.05) is 24.3 Å². The minimum atomic E-state index is -1.31. The molecule has 0 spiro atoms. The highest BCUT2D eigenvalue weighted by Gasteiger charge is 2.26. The number of para-hydroxylation sites is 1. The van der Waals surface area contributed by atoms with E-state index in [-0.39, 0.29) is 5.96 Å². The van der Waals surface area contributed by atoms with E-state index in [0.717, 1.165) is 10.2 Å². The molecule has 1 atom stereocenters. The fourth-order valence-electron chi connectivity index (χ4n) is 1.83. The maximum atomic E-state index is 11.5. The summed E-state index contributed by atoms with van der Waals surface area (Å²) >= 11 is 1.42. The monoisotopic (exact) mass is 289 g/mol. The highest BCUT2D eigenvalue weighted by molar-refractivity contribution is 7.22. The summed E-state index contributed by atoms with van der Waals surface area (Å²) in [5.41, 5.74) is 0.844. The predicted octanol–water partition coefficient (Wildman–Crippen LogP) is -0.297. The van der Waals surface area contributed by atoms with Gasteiger partial charge in [-0.1, -0.05) is 23.5 Å². The maximum absolute atomic E-state index is 11.5. The van der Waals surface area contributed by atoms with Gasteiger partial charge in [0.1, 0.15) is 6.04 Å². The second-order valence-corrected chi connectivity index (χ2v) is 5.20. The van der Waals surface area contributed by atoms with Gasteiger partial charge in [-0.25, -0.2) is 9.98 Å². The largest absolute Gasteiger partial charge is 0.550 e. The molecule has 1 aliphatic heterocycles. The number of carbonyl (C=O) groups excluding carboxylic acids is 2. The third-order valence-electron chi connectivity index (χ3n) is 2.71. The van der Waals surface area contributed by atoms with E-state index in [1.54, 1.807) is 0 Å². The van der Waals surface area contributed by atoms with E-state index < -0.39 is 24.3 Å². The van der Waals surface area contributed by atoms with Gasteiger partial charge in [0.15, 0.2) is 5.13 Å². The zero-order chi connectivity index (χ0) is 14.1. The molecule has 20 heavy (non-hydrogen) atoms. The van der Waals surface area contributed by atoms with Crippen molar-refractivity contribution in [1.82, 2.24) is 10.3 Å². The van der Waals surface area contributed by atoms with Crippen LogP contribution in [0.1, 0.15) is 6.42 Å². The molecular formula is C12H9N4O3S-. The SMILES string of the molecule is O=C([O-])CC1N=C(Nc2nc3ccccc3s2)NC1=O. The highest BCUT2D eigenvalue weighted by Crippen LogP contribution is 2.25. The van der Waals surface area contributed by atoms with Crippen molar-refractivity contribution in [1.29, 1.82) is 0 Å². The Morgan fingerprint density at radius 1 is 1.45 bits per heavy atom. The van der Waals surface area contributed by atoms with E-state index >= 15 is 0 Å². The first-order chi connectivity index (χ1) is 9.61. The van der Waals surface area contributed by atoms with E-state index in [0.29, 0.717) is 5.13 Å². The molecule has 2 N–H and O–H groups in total. The molecule has 1 unspecified atom stereocenters. The van der Waals surface area contributed by atoms with E-state index in [9.17, 15) is 14.7 Å². The number of hydrogen-bond acceptors (Lipinski definition) is 7. The summed E-state index contributed by atoms with van der Waals surface area (Å²) in [5, 5.41) is 16.4. The Kier molecular flexibility index (Phi) is 3.07. The van der Waals surface area contributed by atoms with Crippen LogP contribution in [0.2, 0.25) is 0 Å². The van der Waals surface area contributed by atoms with Crippen molar-refractivity contribution in [3.8, 4) is 0 Å². The van der Waals surface area contributed by atoms with Crippen LogP contribution >= 0.6 is 11.3 Å². The van der Waals surface area contributed by atoms with Crippen LogP contribution in [0.3, 0.4) is 0 Å². The predicted molar refractivity (Wildman–Crippen MR) is 72.2 cm³/mol. The molecule has 1 aliphatic rings. The summed E-state index contributed by atoms with van der Waals surface area (Å²) in [4.78, 5) is 30.3. The molecule has 7 nitrogen and oxygen atoms in total. The number of benzene rings is 1. The average Bonchev–Trinajstić information content (AvgIpc) is 2.92. The van der Waals surface area contributed by atoms with Crippen LogP contribution in [0.4, 0.5) is 5.13 Å². The molecule has 2 aromatic rings. The van der Waals surface area contributed by atoms with E-state index in [4.69, 9.17) is 0 Å². The number of hydrogen-bond donors (Lipinski definition) is 2. The summed E-state index contributed by atoms with van der Waals surface area (Å²) in [6.45, 7) is 0. The Labute approximate surface area is 117 Å². The number of carboxylic acid groups (broad SMARTS) is 1. The van der Waals surface area contributed by atoms with Gasteiger partial charge in [-0.15, -0.1) is 0 Å². The second kappa shape index (κ2) is 4.89. The van der Waals surface area contributed by atoms with Crippen molar-refractivity contribution >= 4 is 44.5 Å². The second-order valence-electron chi connectivity index (χ2n) is 4.17. The minimum absolute atomic E-state index is 0.209. The number of carbonyl (C=O) groups is 2. The van der Waals surface area contributed by atoms with Gasteiger partial charge in [0.05, 0.1) is 10.2 Å². The Balaban J connectivity index is 1.77. The van der Waals surface area contributed by atoms with Crippen LogP contribution in [0.5, 0.6) is 0 Å². The standard InChI is InChI=1S/C12H10N4O3S/c17-9(18)5-7-10(19)15-11(13-7)16-12-14-6-3-1-2-4-8(6)20-12/h1-4,7H,5H2,(H,17,18)(H2,13,14,15,16,19)/p-1. The normalized spacial score (nSPS) is 17.9. The van der Waals surface area contributed by atoms with Gasteiger partial charge in [0.25, 0.3) is 5.91 Å². The van der Waals surface area contributed by atoms with Crippen molar-refractivity contribution in [3.05, 3.63) is 24.3 Å². The molecule has 1 aromatic heterocycles. The number of guanidine groups is 1. The van der Waals surface area contributed by atoms with Gasteiger partial charge in [-0.05, 0) is 12.1 Å². The number of carboxylic acids is 1. The van der Waals surface area contributed by atoms with Crippen molar-refractivity contribution in [3.63, 3.8) is 0 Å². The van der Waals surface area contributed by atoms with Gasteiger partial charge in [-0.3, -0.25) is 10.1 Å². The lowest BCUT2D eigenvalue weighted by molar-refractivity contribution is -0.305. The van der Waals surface area contributed by atoms with Gasteiger partial charge < -0.3 is 15.2 Å². The number of anilines is 1. The zero-order valence-corrected chi connectivity index (χ0v) is 10.9. The summed E-state index contributed by atoms with van der Waals surface area (Å²) in [7, 11) is 0. The Morgan fingerprint density at radius 3 is 3.00 bits per heavy atom. The molecule has 0 radical (unpaired) electrons. The lowest BCUT2D eigenvalue weighted by atomic mass is 10.2. The van der Waals surface area contributed by atoms with Crippen LogP contribution in [0.15, 0.2) is 29.3 Å². The lowest BCUT2D eigenvalue weighted by Gasteiger charge is -2.03. The Bertz CT molecular complexity index is 691. The van der Waals surface area contributed by atoms with Crippen LogP contribution in [0, 0.1) is 0 Å². The third-order valence-corrected chi connectivity index (χ3v) is 3.66. The third kappa shape index (κ3) is 2.45. The van der Waals surface area contributed by atoms with Gasteiger partial charge in [-0.2, -0.15) is 0 Å². The summed E-state index contributed by atoms with van der Waals surface area (Å²) < 4.78 is 1.01. The Morgan fingerprint density at radius 2 is 2.25 bits per heavy atom. The molecule has 1 amide bonds. The molecule has 0 bridgehead atoms. The number of aliphatic carboxylic acids is 1. The number of rotatable bonds is 3. The fourth-order valence-corrected chi connectivity index (χ4v) is 2.70. The quantitative estimate of drug-likeness (QED) is 0.807. The van der Waals surface area contributed by atoms with Crippen molar-refractivity contribution < 1.29 is 14.7 Å². The average molecular weight is 289 g/mol. The number of nitrogens with zero attached hydrogens (tertiary/aromatic N) is 2. The molecule has 8 heteroatoms. The highest BCUT2D eigenvalue weighted by atomic mass is 32.1. The van der Waals surface area contributed by atoms with Gasteiger partial charge in [0.2, 0.25) is 5.96 Å². The maximum Gasteiger partial charge on any atom is 0.251 e. The minimum Gasteiger partial charge on any atom is -0.550 e. The number of amides is 1. The smallest absolute Gasteiger partial charge is 0.251 e. The first kappa shape index (κ1) is 12.5. The van der Waals surface area contributed by atoms with Crippen LogP contribution < -0.4 is 15.7 Å². The summed E-state index contributed by atoms with van der Waals surface area (Å²) in [6, 6.07) is 6.67. The van der Waals surface area contributed by atoms with Crippen LogP contribution in [-0.2, 0) is 9.59 Å². The number of nitrogens with one attached hydrogen (secondary N) is 2. The van der Waals surface area contributed by atoms with E-state index in [1.165, 1.54) is 11.3 Å². The topological polar surface area (TPSA) is 107 Å². The van der Waals surface area contributed by atoms with Crippen LogP contribution in [0.25, 0.3) is 10.2 Å².